The molecule has 114 valence electrons. The van der Waals surface area contributed by atoms with Crippen LogP contribution in [0.5, 0.6) is 5.75 Å². The number of nitrogens with zero attached hydrogens (tertiary/aromatic N) is 2. The van der Waals surface area contributed by atoms with Gasteiger partial charge in [0.2, 0.25) is 0 Å². The molecule has 0 saturated heterocycles. The van der Waals surface area contributed by atoms with E-state index in [0.29, 0.717) is 28.9 Å². The van der Waals surface area contributed by atoms with E-state index >= 15 is 0 Å². The van der Waals surface area contributed by atoms with Crippen molar-refractivity contribution in [2.75, 3.05) is 13.2 Å². The molecule has 2 rings (SSSR count). The molecule has 0 amide bonds. The average molecular weight is 330 g/mol. The lowest BCUT2D eigenvalue weighted by atomic mass is 10.3. The number of aliphatic hydroxyl groups is 1. The number of ether oxygens (including phenoxy) is 1. The molecule has 1 unspecified atom stereocenters. The van der Waals surface area contributed by atoms with Gasteiger partial charge in [0.05, 0.1) is 16.6 Å². The lowest BCUT2D eigenvalue weighted by Gasteiger charge is -2.14. The molecule has 0 saturated carbocycles. The molecule has 2 N–H and O–H groups in total. The SMILES string of the molecule is Cn1ccnc1CNCC(O)COc1c(Cl)cccc1Cl. The van der Waals surface area contributed by atoms with Crippen LogP contribution in [0.4, 0.5) is 0 Å². The molecule has 1 heterocycles. The van der Waals surface area contributed by atoms with E-state index in [1.165, 1.54) is 0 Å². The Morgan fingerprint density at radius 3 is 2.71 bits per heavy atom. The lowest BCUT2D eigenvalue weighted by Crippen LogP contribution is -2.31. The topological polar surface area (TPSA) is 59.3 Å². The molecule has 5 nitrogen and oxygen atoms in total. The fraction of sp³-hybridized carbons (Fsp3) is 0.357. The number of halogens is 2. The predicted molar refractivity (Wildman–Crippen MR) is 82.9 cm³/mol. The zero-order chi connectivity index (χ0) is 15.2. The van der Waals surface area contributed by atoms with Gasteiger partial charge >= 0.3 is 0 Å². The highest BCUT2D eigenvalue weighted by atomic mass is 35.5. The number of rotatable bonds is 7. The van der Waals surface area contributed by atoms with Crippen LogP contribution in [-0.2, 0) is 13.6 Å². The zero-order valence-corrected chi connectivity index (χ0v) is 13.1. The van der Waals surface area contributed by atoms with Gasteiger partial charge in [-0.15, -0.1) is 0 Å². The van der Waals surface area contributed by atoms with Crippen molar-refractivity contribution in [3.8, 4) is 5.75 Å². The number of hydrogen-bond acceptors (Lipinski definition) is 4. The first-order valence-corrected chi connectivity index (χ1v) is 7.25. The monoisotopic (exact) mass is 329 g/mol. The molecule has 0 aliphatic rings. The van der Waals surface area contributed by atoms with E-state index in [9.17, 15) is 5.11 Å². The normalized spacial score (nSPS) is 12.4. The average Bonchev–Trinajstić information content (AvgIpc) is 2.84. The zero-order valence-electron chi connectivity index (χ0n) is 11.6. The molecular formula is C14H17Cl2N3O2. The van der Waals surface area contributed by atoms with Crippen molar-refractivity contribution < 1.29 is 9.84 Å². The molecule has 1 atom stereocenters. The first-order valence-electron chi connectivity index (χ1n) is 6.49. The van der Waals surface area contributed by atoms with Crippen molar-refractivity contribution in [3.63, 3.8) is 0 Å². The molecule has 7 heteroatoms. The summed E-state index contributed by atoms with van der Waals surface area (Å²) >= 11 is 12.0. The van der Waals surface area contributed by atoms with E-state index in [4.69, 9.17) is 27.9 Å². The maximum Gasteiger partial charge on any atom is 0.156 e. The molecular weight excluding hydrogens is 313 g/mol. The maximum absolute atomic E-state index is 9.89. The number of imidazole rings is 1. The fourth-order valence-corrected chi connectivity index (χ4v) is 2.28. The summed E-state index contributed by atoms with van der Waals surface area (Å²) in [6.07, 6.45) is 2.93. The molecule has 0 aliphatic carbocycles. The Hall–Kier alpha value is -1.27. The van der Waals surface area contributed by atoms with Gasteiger partial charge in [-0.25, -0.2) is 4.98 Å². The van der Waals surface area contributed by atoms with E-state index in [-0.39, 0.29) is 6.61 Å². The first kappa shape index (κ1) is 16.1. The number of aromatic nitrogens is 2. The van der Waals surface area contributed by atoms with Crippen molar-refractivity contribution in [1.82, 2.24) is 14.9 Å². The van der Waals surface area contributed by atoms with Gasteiger partial charge in [-0.2, -0.15) is 0 Å². The van der Waals surface area contributed by atoms with E-state index in [2.05, 4.69) is 10.3 Å². The summed E-state index contributed by atoms with van der Waals surface area (Å²) in [6, 6.07) is 5.12. The predicted octanol–water partition coefficient (Wildman–Crippen LogP) is 2.26. The molecule has 1 aromatic heterocycles. The van der Waals surface area contributed by atoms with Crippen LogP contribution in [0.1, 0.15) is 5.82 Å². The van der Waals surface area contributed by atoms with Crippen LogP contribution in [0.2, 0.25) is 10.0 Å². The molecule has 0 bridgehead atoms. The summed E-state index contributed by atoms with van der Waals surface area (Å²) in [5.74, 6) is 1.29. The van der Waals surface area contributed by atoms with E-state index in [0.717, 1.165) is 5.82 Å². The molecule has 21 heavy (non-hydrogen) atoms. The highest BCUT2D eigenvalue weighted by molar-refractivity contribution is 6.37. The first-order chi connectivity index (χ1) is 10.1. The smallest absolute Gasteiger partial charge is 0.156 e. The van der Waals surface area contributed by atoms with Gasteiger partial charge in [-0.05, 0) is 12.1 Å². The Bertz CT molecular complexity index is 569. The van der Waals surface area contributed by atoms with Gasteiger partial charge in [-0.1, -0.05) is 29.3 Å². The number of para-hydroxylation sites is 1. The van der Waals surface area contributed by atoms with Crippen LogP contribution in [0.25, 0.3) is 0 Å². The van der Waals surface area contributed by atoms with Crippen molar-refractivity contribution >= 4 is 23.2 Å². The second-order valence-electron chi connectivity index (χ2n) is 4.60. The number of benzene rings is 1. The Morgan fingerprint density at radius 1 is 1.38 bits per heavy atom. The maximum atomic E-state index is 9.89. The van der Waals surface area contributed by atoms with Crippen LogP contribution in [-0.4, -0.2) is 33.9 Å². The summed E-state index contributed by atoms with van der Waals surface area (Å²) in [6.45, 7) is 1.07. The van der Waals surface area contributed by atoms with Crippen LogP contribution >= 0.6 is 23.2 Å². The van der Waals surface area contributed by atoms with Crippen LogP contribution in [0.15, 0.2) is 30.6 Å². The third kappa shape index (κ3) is 4.61. The Kier molecular flexibility index (Phi) is 5.87. The Balaban J connectivity index is 1.75. The standard InChI is InChI=1S/C14H17Cl2N3O2/c1-19-6-5-18-13(19)8-17-7-10(20)9-21-14-11(15)3-2-4-12(14)16/h2-6,10,17,20H,7-9H2,1H3. The number of aliphatic hydroxyl groups excluding tert-OH is 1. The molecule has 0 aliphatic heterocycles. The molecule has 2 aromatic rings. The molecule has 0 radical (unpaired) electrons. The molecule has 0 fully saturated rings. The summed E-state index contributed by atoms with van der Waals surface area (Å²) in [5.41, 5.74) is 0. The highest BCUT2D eigenvalue weighted by Crippen LogP contribution is 2.32. The minimum absolute atomic E-state index is 0.108. The van der Waals surface area contributed by atoms with Crippen LogP contribution in [0.3, 0.4) is 0 Å². The second-order valence-corrected chi connectivity index (χ2v) is 5.42. The fourth-order valence-electron chi connectivity index (χ4n) is 1.78. The Labute approximate surface area is 133 Å². The van der Waals surface area contributed by atoms with Gasteiger partial charge in [0, 0.05) is 26.0 Å². The van der Waals surface area contributed by atoms with Gasteiger partial charge in [0.25, 0.3) is 0 Å². The summed E-state index contributed by atoms with van der Waals surface area (Å²) in [5, 5.41) is 13.9. The summed E-state index contributed by atoms with van der Waals surface area (Å²) < 4.78 is 7.38. The van der Waals surface area contributed by atoms with Crippen LogP contribution < -0.4 is 10.1 Å². The van der Waals surface area contributed by atoms with Crippen molar-refractivity contribution in [2.45, 2.75) is 12.6 Å². The molecule has 0 spiro atoms. The van der Waals surface area contributed by atoms with Crippen molar-refractivity contribution in [2.24, 2.45) is 7.05 Å². The molecule has 1 aromatic carbocycles. The van der Waals surface area contributed by atoms with Crippen molar-refractivity contribution in [3.05, 3.63) is 46.5 Å². The summed E-state index contributed by atoms with van der Waals surface area (Å²) in [7, 11) is 1.92. The van der Waals surface area contributed by atoms with Gasteiger partial charge in [0.1, 0.15) is 18.5 Å². The van der Waals surface area contributed by atoms with E-state index < -0.39 is 6.10 Å². The van der Waals surface area contributed by atoms with E-state index in [1.54, 1.807) is 24.4 Å². The quantitative estimate of drug-likeness (QED) is 0.818. The number of aryl methyl sites for hydroxylation is 1. The number of nitrogens with one attached hydrogen (secondary N) is 1. The third-order valence-corrected chi connectivity index (χ3v) is 3.52. The minimum Gasteiger partial charge on any atom is -0.488 e. The largest absolute Gasteiger partial charge is 0.488 e. The highest BCUT2D eigenvalue weighted by Gasteiger charge is 2.10. The second kappa shape index (κ2) is 7.66. The van der Waals surface area contributed by atoms with Crippen LogP contribution in [0, 0.1) is 0 Å². The minimum atomic E-state index is -0.669. The van der Waals surface area contributed by atoms with Crippen molar-refractivity contribution in [1.29, 1.82) is 0 Å². The third-order valence-electron chi connectivity index (χ3n) is 2.92. The van der Waals surface area contributed by atoms with Gasteiger partial charge < -0.3 is 19.7 Å². The van der Waals surface area contributed by atoms with Gasteiger partial charge in [-0.3, -0.25) is 0 Å². The Morgan fingerprint density at radius 2 is 2.10 bits per heavy atom. The lowest BCUT2D eigenvalue weighted by molar-refractivity contribution is 0.106. The van der Waals surface area contributed by atoms with E-state index in [1.807, 2.05) is 17.8 Å². The summed E-state index contributed by atoms with van der Waals surface area (Å²) in [4.78, 5) is 4.18. The number of hydrogen-bond donors (Lipinski definition) is 2. The van der Waals surface area contributed by atoms with Gasteiger partial charge in [0.15, 0.2) is 5.75 Å².